The molecule has 2 heterocycles. The molecule has 0 aliphatic rings. The van der Waals surface area contributed by atoms with E-state index >= 15 is 0 Å². The molecule has 0 radical (unpaired) electrons. The van der Waals surface area contributed by atoms with Crippen LogP contribution in [0.25, 0.3) is 23.0 Å². The van der Waals surface area contributed by atoms with Crippen molar-refractivity contribution < 1.29 is 35.5 Å². The molecule has 0 fully saturated rings. The van der Waals surface area contributed by atoms with Crippen LogP contribution in [0.3, 0.4) is 0 Å². The van der Waals surface area contributed by atoms with E-state index in [0.717, 1.165) is 24.0 Å². The van der Waals surface area contributed by atoms with Crippen molar-refractivity contribution in [2.24, 2.45) is 0 Å². The van der Waals surface area contributed by atoms with Crippen LogP contribution in [0.1, 0.15) is 19.5 Å². The number of sulfone groups is 1. The molecular weight excluding hydrogens is 491 g/mol. The van der Waals surface area contributed by atoms with Crippen molar-refractivity contribution in [2.75, 3.05) is 32.5 Å². The van der Waals surface area contributed by atoms with E-state index < -0.39 is 34.2 Å². The van der Waals surface area contributed by atoms with Gasteiger partial charge >= 0.3 is 12.1 Å². The first-order chi connectivity index (χ1) is 16.4. The summed E-state index contributed by atoms with van der Waals surface area (Å²) in [6.07, 6.45) is -3.75. The highest BCUT2D eigenvalue weighted by atomic mass is 32.2. The minimum atomic E-state index is -4.78. The van der Waals surface area contributed by atoms with E-state index in [9.17, 15) is 26.4 Å². The molecule has 0 aliphatic carbocycles. The molecule has 2 aromatic heterocycles. The molecule has 1 aromatic carbocycles. The molecule has 0 aliphatic heterocycles. The first-order valence-electron chi connectivity index (χ1n) is 10.6. The summed E-state index contributed by atoms with van der Waals surface area (Å²) in [5, 5.41) is 11.1. The smallest absolute Gasteiger partial charge is 0.435 e. The number of halogens is 3. The Hall–Kier alpha value is -3.26. The molecule has 0 bridgehead atoms. The predicted octanol–water partition coefficient (Wildman–Crippen LogP) is 2.91. The molecule has 14 heteroatoms. The maximum absolute atomic E-state index is 13.3. The maximum atomic E-state index is 13.3. The Balaban J connectivity index is 1.86. The SMILES string of the molecule is CCN(CC)CCOC(=O)Cn1nc(C(F)(F)F)cc1-c1nnc(-c2cccc(S(C)(=O)=O)c2)o1. The lowest BCUT2D eigenvalue weighted by Crippen LogP contribution is -2.28. The zero-order valence-corrected chi connectivity index (χ0v) is 20.1. The average Bonchev–Trinajstić information content (AvgIpc) is 3.43. The maximum Gasteiger partial charge on any atom is 0.435 e. The number of hydrogen-bond acceptors (Lipinski definition) is 9. The molecule has 35 heavy (non-hydrogen) atoms. The summed E-state index contributed by atoms with van der Waals surface area (Å²) in [5.41, 5.74) is -1.23. The van der Waals surface area contributed by atoms with Crippen LogP contribution in [0.5, 0.6) is 0 Å². The first kappa shape index (κ1) is 26.3. The fourth-order valence-electron chi connectivity index (χ4n) is 3.15. The predicted molar refractivity (Wildman–Crippen MR) is 118 cm³/mol. The van der Waals surface area contributed by atoms with Crippen molar-refractivity contribution >= 4 is 15.8 Å². The summed E-state index contributed by atoms with van der Waals surface area (Å²) in [5.74, 6) is -1.23. The highest BCUT2D eigenvalue weighted by Gasteiger charge is 2.36. The van der Waals surface area contributed by atoms with Gasteiger partial charge in [0.25, 0.3) is 5.89 Å². The van der Waals surface area contributed by atoms with Crippen LogP contribution in [0, 0.1) is 0 Å². The Morgan fingerprint density at radius 3 is 2.46 bits per heavy atom. The molecule has 0 saturated heterocycles. The van der Waals surface area contributed by atoms with Crippen molar-refractivity contribution in [1.82, 2.24) is 24.9 Å². The topological polar surface area (TPSA) is 120 Å². The molecular formula is C21H24F3N5O5S. The molecule has 190 valence electrons. The van der Waals surface area contributed by atoms with Gasteiger partial charge in [0.2, 0.25) is 5.89 Å². The van der Waals surface area contributed by atoms with Crippen LogP contribution in [0.2, 0.25) is 0 Å². The number of nitrogens with zero attached hydrogens (tertiary/aromatic N) is 5. The molecule has 0 amide bonds. The van der Waals surface area contributed by atoms with Gasteiger partial charge in [0.15, 0.2) is 15.5 Å². The highest BCUT2D eigenvalue weighted by Crippen LogP contribution is 2.32. The molecule has 10 nitrogen and oxygen atoms in total. The average molecular weight is 516 g/mol. The fraction of sp³-hybridized carbons (Fsp3) is 0.429. The van der Waals surface area contributed by atoms with Crippen molar-refractivity contribution in [2.45, 2.75) is 31.5 Å². The standard InChI is InChI=1S/C21H24F3N5O5S/c1-4-28(5-2)9-10-33-18(30)13-29-16(12-17(27-29)21(22,23)24)20-26-25-19(34-20)14-7-6-8-15(11-14)35(3,31)32/h6-8,11-12H,4-5,9-10,13H2,1-3H3. The van der Waals surface area contributed by atoms with Crippen molar-refractivity contribution in [3.05, 3.63) is 36.0 Å². The second-order valence-electron chi connectivity index (χ2n) is 7.53. The summed E-state index contributed by atoms with van der Waals surface area (Å²) in [7, 11) is -3.51. The highest BCUT2D eigenvalue weighted by molar-refractivity contribution is 7.90. The normalized spacial score (nSPS) is 12.3. The Morgan fingerprint density at radius 1 is 1.14 bits per heavy atom. The summed E-state index contributed by atoms with van der Waals surface area (Å²) >= 11 is 0. The number of ether oxygens (including phenoxy) is 1. The number of benzene rings is 1. The number of esters is 1. The second-order valence-corrected chi connectivity index (χ2v) is 9.55. The molecule has 0 N–H and O–H groups in total. The van der Waals surface area contributed by atoms with Gasteiger partial charge in [-0.1, -0.05) is 19.9 Å². The zero-order chi connectivity index (χ0) is 25.8. The van der Waals surface area contributed by atoms with Gasteiger partial charge in [0.1, 0.15) is 18.8 Å². The lowest BCUT2D eigenvalue weighted by Gasteiger charge is -2.17. The van der Waals surface area contributed by atoms with Gasteiger partial charge in [-0.05, 0) is 31.3 Å². The lowest BCUT2D eigenvalue weighted by atomic mass is 10.2. The van der Waals surface area contributed by atoms with Crippen LogP contribution in [-0.4, -0.2) is 71.8 Å². The number of carbonyl (C=O) groups is 1. The summed E-state index contributed by atoms with van der Waals surface area (Å²) in [6, 6.07) is 6.35. The Labute approximate surface area is 199 Å². The fourth-order valence-corrected chi connectivity index (χ4v) is 3.81. The van der Waals surface area contributed by atoms with E-state index in [1.54, 1.807) is 0 Å². The largest absolute Gasteiger partial charge is 0.463 e. The summed E-state index contributed by atoms with van der Waals surface area (Å²) in [4.78, 5) is 14.3. The van der Waals surface area contributed by atoms with Gasteiger partial charge in [-0.2, -0.15) is 18.3 Å². The van der Waals surface area contributed by atoms with Gasteiger partial charge < -0.3 is 14.1 Å². The number of likely N-dealkylation sites (N-methyl/N-ethyl adjacent to an activating group) is 1. The van der Waals surface area contributed by atoms with Crippen LogP contribution >= 0.6 is 0 Å². The molecule has 0 spiro atoms. The van der Waals surface area contributed by atoms with E-state index in [-0.39, 0.29) is 34.5 Å². The summed E-state index contributed by atoms with van der Waals surface area (Å²) in [6.45, 7) is 5.39. The van der Waals surface area contributed by atoms with Crippen molar-refractivity contribution in [3.63, 3.8) is 0 Å². The van der Waals surface area contributed by atoms with Crippen LogP contribution in [0.15, 0.2) is 39.6 Å². The van der Waals surface area contributed by atoms with E-state index in [1.807, 2.05) is 18.7 Å². The Morgan fingerprint density at radius 2 is 1.83 bits per heavy atom. The Bertz CT molecular complexity index is 1280. The minimum absolute atomic E-state index is 0.00612. The third kappa shape index (κ3) is 6.66. The van der Waals surface area contributed by atoms with Crippen molar-refractivity contribution in [1.29, 1.82) is 0 Å². The van der Waals surface area contributed by atoms with E-state index in [2.05, 4.69) is 15.3 Å². The summed E-state index contributed by atoms with van der Waals surface area (Å²) < 4.78 is 75.0. The third-order valence-electron chi connectivity index (χ3n) is 5.07. The Kier molecular flexibility index (Phi) is 7.95. The van der Waals surface area contributed by atoms with E-state index in [1.165, 1.54) is 24.3 Å². The molecule has 0 atom stereocenters. The minimum Gasteiger partial charge on any atom is -0.463 e. The number of rotatable bonds is 10. The third-order valence-corrected chi connectivity index (χ3v) is 6.18. The monoisotopic (exact) mass is 515 g/mol. The lowest BCUT2D eigenvalue weighted by molar-refractivity contribution is -0.146. The zero-order valence-electron chi connectivity index (χ0n) is 19.2. The second kappa shape index (κ2) is 10.6. The van der Waals surface area contributed by atoms with Crippen LogP contribution < -0.4 is 0 Å². The molecule has 3 rings (SSSR count). The number of carbonyl (C=O) groups excluding carboxylic acids is 1. The number of hydrogen-bond donors (Lipinski definition) is 0. The molecule has 0 unspecified atom stereocenters. The van der Waals surface area contributed by atoms with Gasteiger partial charge in [-0.15, -0.1) is 10.2 Å². The van der Waals surface area contributed by atoms with Gasteiger partial charge in [0.05, 0.1) is 4.90 Å². The van der Waals surface area contributed by atoms with Gasteiger partial charge in [0, 0.05) is 24.4 Å². The molecule has 3 aromatic rings. The van der Waals surface area contributed by atoms with Gasteiger partial charge in [-0.25, -0.2) is 13.1 Å². The number of alkyl halides is 3. The quantitative estimate of drug-likeness (QED) is 0.375. The first-order valence-corrected chi connectivity index (χ1v) is 12.5. The van der Waals surface area contributed by atoms with E-state index in [4.69, 9.17) is 9.15 Å². The van der Waals surface area contributed by atoms with Gasteiger partial charge in [-0.3, -0.25) is 4.79 Å². The van der Waals surface area contributed by atoms with Crippen LogP contribution in [0.4, 0.5) is 13.2 Å². The van der Waals surface area contributed by atoms with E-state index in [0.29, 0.717) is 12.6 Å². The number of aromatic nitrogens is 4. The van der Waals surface area contributed by atoms with Crippen LogP contribution in [-0.2, 0) is 32.1 Å². The molecule has 0 saturated carbocycles. The van der Waals surface area contributed by atoms with Crippen molar-refractivity contribution in [3.8, 4) is 23.0 Å².